The highest BCUT2D eigenvalue weighted by molar-refractivity contribution is 5.85. The van der Waals surface area contributed by atoms with Crippen molar-refractivity contribution in [2.24, 2.45) is 11.5 Å². The molecule has 1 atom stereocenters. The molecule has 28 heavy (non-hydrogen) atoms. The van der Waals surface area contributed by atoms with Gasteiger partial charge < -0.3 is 32.1 Å². The van der Waals surface area contributed by atoms with Crippen molar-refractivity contribution in [3.8, 4) is 0 Å². The Hall–Kier alpha value is -2.16. The quantitative estimate of drug-likeness (QED) is 0.279. The Morgan fingerprint density at radius 3 is 2.25 bits per heavy atom. The second-order valence-electron chi connectivity index (χ2n) is 6.76. The van der Waals surface area contributed by atoms with Crippen molar-refractivity contribution in [1.29, 1.82) is 0 Å². The molecule has 0 saturated heterocycles. The molecule has 0 aliphatic rings. The van der Waals surface area contributed by atoms with Gasteiger partial charge in [0.2, 0.25) is 5.91 Å². The first kappa shape index (κ1) is 23.9. The van der Waals surface area contributed by atoms with E-state index in [0.717, 1.165) is 37.9 Å². The molecule has 158 valence electrons. The number of hydrogen-bond acceptors (Lipinski definition) is 5. The molecule has 1 aromatic rings. The van der Waals surface area contributed by atoms with E-state index in [1.54, 1.807) is 4.90 Å². The van der Waals surface area contributed by atoms with Gasteiger partial charge in [0.05, 0.1) is 0 Å². The molecule has 0 bridgehead atoms. The molecule has 0 fully saturated rings. The smallest absolute Gasteiger partial charge is 0.405 e. The molecule has 2 amide bonds. The van der Waals surface area contributed by atoms with Crippen molar-refractivity contribution >= 4 is 12.0 Å². The SMILES string of the molecule is NCCCNCCCCN(CCCN)C(=O)C(Cc1ccccc1)NC(=O)O. The fourth-order valence-electron chi connectivity index (χ4n) is 2.94. The molecule has 8 nitrogen and oxygen atoms in total. The van der Waals surface area contributed by atoms with E-state index in [4.69, 9.17) is 16.6 Å². The Kier molecular flexibility index (Phi) is 12.7. The summed E-state index contributed by atoms with van der Waals surface area (Å²) in [4.78, 5) is 26.0. The van der Waals surface area contributed by atoms with Gasteiger partial charge in [-0.1, -0.05) is 30.3 Å². The van der Waals surface area contributed by atoms with Gasteiger partial charge in [0.25, 0.3) is 0 Å². The number of carbonyl (C=O) groups excluding carboxylic acids is 1. The molecule has 0 saturated carbocycles. The van der Waals surface area contributed by atoms with Crippen LogP contribution >= 0.6 is 0 Å². The second-order valence-corrected chi connectivity index (χ2v) is 6.76. The number of hydrogen-bond donors (Lipinski definition) is 5. The van der Waals surface area contributed by atoms with Gasteiger partial charge in [-0.15, -0.1) is 0 Å². The first-order chi connectivity index (χ1) is 13.6. The van der Waals surface area contributed by atoms with E-state index in [1.807, 2.05) is 30.3 Å². The highest BCUT2D eigenvalue weighted by Crippen LogP contribution is 2.08. The Bertz CT molecular complexity index is 556. The number of nitrogens with two attached hydrogens (primary N) is 2. The molecule has 0 radical (unpaired) electrons. The van der Waals surface area contributed by atoms with Crippen LogP contribution in [0.15, 0.2) is 30.3 Å². The molecule has 1 unspecified atom stereocenters. The van der Waals surface area contributed by atoms with E-state index in [-0.39, 0.29) is 5.91 Å². The molecule has 0 aliphatic heterocycles. The Balaban J connectivity index is 2.64. The summed E-state index contributed by atoms with van der Waals surface area (Å²) in [6.45, 7) is 4.05. The minimum Gasteiger partial charge on any atom is -0.465 e. The Morgan fingerprint density at radius 2 is 1.61 bits per heavy atom. The lowest BCUT2D eigenvalue weighted by Gasteiger charge is -2.27. The predicted molar refractivity (Wildman–Crippen MR) is 111 cm³/mol. The number of nitrogens with one attached hydrogen (secondary N) is 2. The summed E-state index contributed by atoms with van der Waals surface area (Å²) >= 11 is 0. The molecule has 0 spiro atoms. The van der Waals surface area contributed by atoms with Gasteiger partial charge >= 0.3 is 6.09 Å². The van der Waals surface area contributed by atoms with E-state index in [9.17, 15) is 9.59 Å². The standard InChI is InChI=1S/C20H35N5O3/c21-10-6-13-23-12-4-5-14-25(15-7-11-22)19(26)18(24-20(27)28)16-17-8-2-1-3-9-17/h1-3,8-9,18,23-24H,4-7,10-16,21-22H2,(H,27,28). The summed E-state index contributed by atoms with van der Waals surface area (Å²) < 4.78 is 0. The molecule has 1 rings (SSSR count). The monoisotopic (exact) mass is 393 g/mol. The first-order valence-electron chi connectivity index (χ1n) is 10.0. The van der Waals surface area contributed by atoms with Crippen LogP contribution in [0, 0.1) is 0 Å². The van der Waals surface area contributed by atoms with Crippen molar-refractivity contribution in [1.82, 2.24) is 15.5 Å². The van der Waals surface area contributed by atoms with Gasteiger partial charge in [0, 0.05) is 19.5 Å². The average Bonchev–Trinajstić information content (AvgIpc) is 2.69. The van der Waals surface area contributed by atoms with Crippen LogP contribution in [-0.2, 0) is 11.2 Å². The molecule has 0 heterocycles. The lowest BCUT2D eigenvalue weighted by Crippen LogP contribution is -2.50. The third-order valence-electron chi connectivity index (χ3n) is 4.41. The zero-order valence-electron chi connectivity index (χ0n) is 16.6. The maximum Gasteiger partial charge on any atom is 0.405 e. The van der Waals surface area contributed by atoms with E-state index in [1.165, 1.54) is 0 Å². The average molecular weight is 394 g/mol. The van der Waals surface area contributed by atoms with E-state index in [0.29, 0.717) is 39.0 Å². The lowest BCUT2D eigenvalue weighted by molar-refractivity contribution is -0.133. The summed E-state index contributed by atoms with van der Waals surface area (Å²) in [7, 11) is 0. The maximum absolute atomic E-state index is 13.0. The van der Waals surface area contributed by atoms with Crippen LogP contribution in [0.25, 0.3) is 0 Å². The summed E-state index contributed by atoms with van der Waals surface area (Å²) in [6.07, 6.45) is 2.54. The van der Waals surface area contributed by atoms with Crippen LogP contribution in [0.2, 0.25) is 0 Å². The van der Waals surface area contributed by atoms with Crippen LogP contribution in [0.1, 0.15) is 31.2 Å². The van der Waals surface area contributed by atoms with Crippen molar-refractivity contribution in [2.75, 3.05) is 39.3 Å². The summed E-state index contributed by atoms with van der Waals surface area (Å²) in [5, 5.41) is 14.9. The molecule has 7 N–H and O–H groups in total. The van der Waals surface area contributed by atoms with E-state index in [2.05, 4.69) is 10.6 Å². The fourth-order valence-corrected chi connectivity index (χ4v) is 2.94. The van der Waals surface area contributed by atoms with Crippen molar-refractivity contribution in [2.45, 2.75) is 38.1 Å². The zero-order valence-corrected chi connectivity index (χ0v) is 16.6. The maximum atomic E-state index is 13.0. The lowest BCUT2D eigenvalue weighted by atomic mass is 10.0. The third-order valence-corrected chi connectivity index (χ3v) is 4.41. The normalized spacial score (nSPS) is 11.8. The van der Waals surface area contributed by atoms with Gasteiger partial charge in [-0.2, -0.15) is 0 Å². The Labute approximate surface area is 167 Å². The minimum absolute atomic E-state index is 0.198. The van der Waals surface area contributed by atoms with E-state index >= 15 is 0 Å². The molecule has 1 aromatic carbocycles. The molecule has 8 heteroatoms. The van der Waals surface area contributed by atoms with Gasteiger partial charge in [0.15, 0.2) is 0 Å². The first-order valence-corrected chi connectivity index (χ1v) is 10.0. The topological polar surface area (TPSA) is 134 Å². The highest BCUT2D eigenvalue weighted by Gasteiger charge is 2.25. The van der Waals surface area contributed by atoms with Gasteiger partial charge in [-0.25, -0.2) is 4.79 Å². The number of nitrogens with zero attached hydrogens (tertiary/aromatic N) is 1. The molecule has 0 aliphatic carbocycles. The number of benzene rings is 1. The third kappa shape index (κ3) is 10.2. The predicted octanol–water partition coefficient (Wildman–Crippen LogP) is 0.761. The van der Waals surface area contributed by atoms with Crippen molar-refractivity contribution in [3.63, 3.8) is 0 Å². The minimum atomic E-state index is -1.20. The second kappa shape index (κ2) is 14.8. The van der Waals surface area contributed by atoms with Gasteiger partial charge in [-0.05, 0) is 57.4 Å². The number of amides is 2. The van der Waals surface area contributed by atoms with Crippen LogP contribution in [0.3, 0.4) is 0 Å². The van der Waals surface area contributed by atoms with Gasteiger partial charge in [0.1, 0.15) is 6.04 Å². The largest absolute Gasteiger partial charge is 0.465 e. The number of carbonyl (C=O) groups is 2. The van der Waals surface area contributed by atoms with Crippen LogP contribution in [0.4, 0.5) is 4.79 Å². The molecule has 0 aromatic heterocycles. The van der Waals surface area contributed by atoms with Gasteiger partial charge in [-0.3, -0.25) is 4.79 Å². The van der Waals surface area contributed by atoms with Crippen LogP contribution in [0.5, 0.6) is 0 Å². The van der Waals surface area contributed by atoms with Crippen LogP contribution in [-0.4, -0.2) is 67.3 Å². The summed E-state index contributed by atoms with van der Waals surface area (Å²) in [5.74, 6) is -0.198. The number of rotatable bonds is 15. The molecular formula is C20H35N5O3. The van der Waals surface area contributed by atoms with Crippen LogP contribution < -0.4 is 22.1 Å². The van der Waals surface area contributed by atoms with Crippen molar-refractivity contribution in [3.05, 3.63) is 35.9 Å². The highest BCUT2D eigenvalue weighted by atomic mass is 16.4. The summed E-state index contributed by atoms with van der Waals surface area (Å²) in [6, 6.07) is 8.62. The number of unbranched alkanes of at least 4 members (excludes halogenated alkanes) is 1. The number of carboxylic acid groups (broad SMARTS) is 1. The fraction of sp³-hybridized carbons (Fsp3) is 0.600. The van der Waals surface area contributed by atoms with E-state index < -0.39 is 12.1 Å². The zero-order chi connectivity index (χ0) is 20.6. The molecular weight excluding hydrogens is 358 g/mol. The van der Waals surface area contributed by atoms with Crippen molar-refractivity contribution < 1.29 is 14.7 Å². The summed E-state index contributed by atoms with van der Waals surface area (Å²) in [5.41, 5.74) is 12.0. The Morgan fingerprint density at radius 1 is 0.964 bits per heavy atom.